The Morgan fingerprint density at radius 1 is 1.05 bits per heavy atom. The summed E-state index contributed by atoms with van der Waals surface area (Å²) in [6.45, 7) is 11.7. The molecule has 0 aliphatic carbocycles. The predicted molar refractivity (Wildman–Crippen MR) is 84.2 cm³/mol. The molecule has 0 amide bonds. The zero-order chi connectivity index (χ0) is 14.7. The summed E-state index contributed by atoms with van der Waals surface area (Å²) in [6, 6.07) is 6.81. The summed E-state index contributed by atoms with van der Waals surface area (Å²) in [4.78, 5) is 0. The fourth-order valence-electron chi connectivity index (χ4n) is 2.98. The van der Waals surface area contributed by atoms with Gasteiger partial charge in [-0.05, 0) is 69.0 Å². The number of furan rings is 1. The first-order valence-corrected chi connectivity index (χ1v) is 7.37. The summed E-state index contributed by atoms with van der Waals surface area (Å²) in [5.74, 6) is 1.06. The summed E-state index contributed by atoms with van der Waals surface area (Å²) in [6.07, 6.45) is 2.75. The fraction of sp³-hybridized carbons (Fsp3) is 0.444. The van der Waals surface area contributed by atoms with Gasteiger partial charge in [-0.1, -0.05) is 24.6 Å². The van der Waals surface area contributed by atoms with E-state index in [9.17, 15) is 0 Å². The molecule has 0 bridgehead atoms. The number of rotatable bonds is 5. The molecule has 20 heavy (non-hydrogen) atoms. The van der Waals surface area contributed by atoms with Gasteiger partial charge in [0.25, 0.3) is 0 Å². The maximum atomic E-state index is 5.69. The van der Waals surface area contributed by atoms with Crippen LogP contribution in [-0.4, -0.2) is 6.54 Å². The molecular formula is C18H25NO. The molecule has 108 valence electrons. The maximum Gasteiger partial charge on any atom is 0.123 e. The van der Waals surface area contributed by atoms with Crippen LogP contribution < -0.4 is 5.32 Å². The van der Waals surface area contributed by atoms with E-state index in [1.807, 2.05) is 6.07 Å². The molecule has 2 rings (SSSR count). The Hall–Kier alpha value is -1.54. The SMILES string of the molecule is CCNC(Cc1c(C)cc(C)cc1C)c1occc1C. The van der Waals surface area contributed by atoms with Crippen LogP contribution >= 0.6 is 0 Å². The highest BCUT2D eigenvalue weighted by atomic mass is 16.3. The molecule has 1 atom stereocenters. The van der Waals surface area contributed by atoms with Crippen molar-refractivity contribution in [2.45, 2.75) is 47.1 Å². The first kappa shape index (κ1) is 14.9. The highest BCUT2D eigenvalue weighted by molar-refractivity contribution is 5.38. The van der Waals surface area contributed by atoms with Gasteiger partial charge in [-0.3, -0.25) is 0 Å². The van der Waals surface area contributed by atoms with E-state index in [0.717, 1.165) is 18.7 Å². The van der Waals surface area contributed by atoms with Gasteiger partial charge in [-0.15, -0.1) is 0 Å². The number of hydrogen-bond donors (Lipinski definition) is 1. The minimum Gasteiger partial charge on any atom is -0.467 e. The van der Waals surface area contributed by atoms with E-state index in [1.54, 1.807) is 6.26 Å². The second-order valence-corrected chi connectivity index (χ2v) is 5.66. The first-order chi connectivity index (χ1) is 9.52. The van der Waals surface area contributed by atoms with Crippen LogP contribution in [-0.2, 0) is 6.42 Å². The Morgan fingerprint density at radius 3 is 2.20 bits per heavy atom. The fourth-order valence-corrected chi connectivity index (χ4v) is 2.98. The molecule has 1 unspecified atom stereocenters. The van der Waals surface area contributed by atoms with Crippen LogP contribution in [0.4, 0.5) is 0 Å². The average molecular weight is 271 g/mol. The highest BCUT2D eigenvalue weighted by Crippen LogP contribution is 2.26. The Morgan fingerprint density at radius 2 is 1.70 bits per heavy atom. The topological polar surface area (TPSA) is 25.2 Å². The van der Waals surface area contributed by atoms with Crippen LogP contribution in [0.2, 0.25) is 0 Å². The Bertz CT molecular complexity index is 560. The molecule has 2 aromatic rings. The van der Waals surface area contributed by atoms with Crippen LogP contribution in [0.15, 0.2) is 28.9 Å². The molecule has 1 N–H and O–H groups in total. The van der Waals surface area contributed by atoms with Crippen LogP contribution in [0.25, 0.3) is 0 Å². The van der Waals surface area contributed by atoms with E-state index in [0.29, 0.717) is 0 Å². The van der Waals surface area contributed by atoms with Crippen molar-refractivity contribution in [3.63, 3.8) is 0 Å². The van der Waals surface area contributed by atoms with E-state index < -0.39 is 0 Å². The number of nitrogens with one attached hydrogen (secondary N) is 1. The zero-order valence-corrected chi connectivity index (χ0v) is 13.2. The smallest absolute Gasteiger partial charge is 0.123 e. The van der Waals surface area contributed by atoms with Gasteiger partial charge >= 0.3 is 0 Å². The van der Waals surface area contributed by atoms with Crippen LogP contribution in [0.5, 0.6) is 0 Å². The third-order valence-corrected chi connectivity index (χ3v) is 3.92. The van der Waals surface area contributed by atoms with Crippen molar-refractivity contribution in [2.24, 2.45) is 0 Å². The van der Waals surface area contributed by atoms with Crippen molar-refractivity contribution in [3.8, 4) is 0 Å². The first-order valence-electron chi connectivity index (χ1n) is 7.37. The average Bonchev–Trinajstić information content (AvgIpc) is 2.78. The third-order valence-electron chi connectivity index (χ3n) is 3.92. The van der Waals surface area contributed by atoms with E-state index in [-0.39, 0.29) is 6.04 Å². The highest BCUT2D eigenvalue weighted by Gasteiger charge is 2.18. The van der Waals surface area contributed by atoms with Crippen molar-refractivity contribution in [1.29, 1.82) is 0 Å². The summed E-state index contributed by atoms with van der Waals surface area (Å²) >= 11 is 0. The number of benzene rings is 1. The zero-order valence-electron chi connectivity index (χ0n) is 13.2. The second kappa shape index (κ2) is 6.27. The van der Waals surface area contributed by atoms with Crippen molar-refractivity contribution in [3.05, 3.63) is 58.0 Å². The van der Waals surface area contributed by atoms with Gasteiger partial charge in [0.1, 0.15) is 5.76 Å². The van der Waals surface area contributed by atoms with Crippen molar-refractivity contribution < 1.29 is 4.42 Å². The van der Waals surface area contributed by atoms with Gasteiger partial charge in [0.15, 0.2) is 0 Å². The molecule has 0 fully saturated rings. The van der Waals surface area contributed by atoms with E-state index in [2.05, 4.69) is 52.1 Å². The number of likely N-dealkylation sites (N-methyl/N-ethyl adjacent to an activating group) is 1. The van der Waals surface area contributed by atoms with Gasteiger partial charge in [0, 0.05) is 0 Å². The second-order valence-electron chi connectivity index (χ2n) is 5.66. The lowest BCUT2D eigenvalue weighted by molar-refractivity contribution is 0.413. The van der Waals surface area contributed by atoms with E-state index in [4.69, 9.17) is 4.42 Å². The maximum absolute atomic E-state index is 5.69. The van der Waals surface area contributed by atoms with Crippen molar-refractivity contribution in [1.82, 2.24) is 5.32 Å². The van der Waals surface area contributed by atoms with Crippen molar-refractivity contribution in [2.75, 3.05) is 6.54 Å². The molecule has 1 heterocycles. The summed E-state index contributed by atoms with van der Waals surface area (Å²) < 4.78 is 5.69. The quantitative estimate of drug-likeness (QED) is 0.871. The summed E-state index contributed by atoms with van der Waals surface area (Å²) in [5.41, 5.74) is 6.72. The predicted octanol–water partition coefficient (Wildman–Crippen LogP) is 4.41. The molecule has 0 saturated heterocycles. The Balaban J connectivity index is 2.32. The van der Waals surface area contributed by atoms with Crippen LogP contribution in [0, 0.1) is 27.7 Å². The lowest BCUT2D eigenvalue weighted by atomic mass is 9.93. The monoisotopic (exact) mass is 271 g/mol. The van der Waals surface area contributed by atoms with Gasteiger partial charge in [-0.25, -0.2) is 0 Å². The molecule has 2 nitrogen and oxygen atoms in total. The molecule has 0 aliphatic rings. The minimum absolute atomic E-state index is 0.245. The van der Waals surface area contributed by atoms with E-state index in [1.165, 1.54) is 27.8 Å². The normalized spacial score (nSPS) is 12.7. The summed E-state index contributed by atoms with van der Waals surface area (Å²) in [7, 11) is 0. The van der Waals surface area contributed by atoms with Crippen LogP contribution in [0.1, 0.15) is 46.5 Å². The molecule has 1 aromatic carbocycles. The van der Waals surface area contributed by atoms with Gasteiger partial charge in [0.2, 0.25) is 0 Å². The molecular weight excluding hydrogens is 246 g/mol. The lowest BCUT2D eigenvalue weighted by Gasteiger charge is -2.20. The number of hydrogen-bond acceptors (Lipinski definition) is 2. The number of aryl methyl sites for hydroxylation is 4. The molecule has 0 radical (unpaired) electrons. The lowest BCUT2D eigenvalue weighted by Crippen LogP contribution is -2.23. The largest absolute Gasteiger partial charge is 0.467 e. The van der Waals surface area contributed by atoms with Gasteiger partial charge in [-0.2, -0.15) is 0 Å². The standard InChI is InChI=1S/C18H25NO/c1-6-19-17(18-13(3)7-8-20-18)11-16-14(4)9-12(2)10-15(16)5/h7-10,17,19H,6,11H2,1-5H3. The van der Waals surface area contributed by atoms with Crippen LogP contribution in [0.3, 0.4) is 0 Å². The molecule has 1 aromatic heterocycles. The van der Waals surface area contributed by atoms with Gasteiger partial charge < -0.3 is 9.73 Å². The molecule has 0 aliphatic heterocycles. The molecule has 0 spiro atoms. The third kappa shape index (κ3) is 3.13. The minimum atomic E-state index is 0.245. The van der Waals surface area contributed by atoms with Gasteiger partial charge in [0.05, 0.1) is 12.3 Å². The summed E-state index contributed by atoms with van der Waals surface area (Å²) in [5, 5.41) is 3.55. The molecule has 0 saturated carbocycles. The Labute approximate surface area is 122 Å². The molecule has 2 heteroatoms. The van der Waals surface area contributed by atoms with E-state index >= 15 is 0 Å². The van der Waals surface area contributed by atoms with Crippen molar-refractivity contribution >= 4 is 0 Å². The Kier molecular flexibility index (Phi) is 4.66.